The Kier molecular flexibility index (Phi) is 7.50. The Hall–Kier alpha value is -2.12. The van der Waals surface area contributed by atoms with E-state index in [0.29, 0.717) is 24.1 Å². The summed E-state index contributed by atoms with van der Waals surface area (Å²) in [6.07, 6.45) is 2.31. The van der Waals surface area contributed by atoms with Gasteiger partial charge in [0.25, 0.3) is 5.91 Å². The van der Waals surface area contributed by atoms with Gasteiger partial charge in [-0.1, -0.05) is 12.1 Å². The summed E-state index contributed by atoms with van der Waals surface area (Å²) in [5, 5.41) is 6.39. The average Bonchev–Trinajstić information content (AvgIpc) is 3.35. The number of likely N-dealkylation sites (tertiary alicyclic amines) is 1. The van der Waals surface area contributed by atoms with Crippen LogP contribution in [0.25, 0.3) is 0 Å². The molecule has 1 aromatic rings. The lowest BCUT2D eigenvalue weighted by Gasteiger charge is -2.25. The second kappa shape index (κ2) is 10.1. The third kappa shape index (κ3) is 5.93. The number of likely N-dealkylation sites (N-methyl/N-ethyl adjacent to an activating group) is 1. The maximum absolute atomic E-state index is 12.4. The van der Waals surface area contributed by atoms with Crippen LogP contribution in [0.15, 0.2) is 29.3 Å². The maximum atomic E-state index is 12.4. The first-order valence-corrected chi connectivity index (χ1v) is 10.6. The number of hydrogen-bond donors (Lipinski definition) is 2. The summed E-state index contributed by atoms with van der Waals surface area (Å²) in [4.78, 5) is 21.6. The molecule has 29 heavy (non-hydrogen) atoms. The molecule has 1 aromatic carbocycles. The number of ether oxygens (including phenoxy) is 1. The Morgan fingerprint density at radius 2 is 2.17 bits per heavy atom. The largest absolute Gasteiger partial charge is 0.381 e. The number of amides is 1. The van der Waals surface area contributed by atoms with Gasteiger partial charge in [0.1, 0.15) is 0 Å². The van der Waals surface area contributed by atoms with E-state index in [1.54, 1.807) is 0 Å². The van der Waals surface area contributed by atoms with E-state index in [1.165, 1.54) is 6.42 Å². The van der Waals surface area contributed by atoms with E-state index in [-0.39, 0.29) is 5.91 Å². The normalized spacial score (nSPS) is 21.9. The molecule has 1 unspecified atom stereocenters. The SMILES string of the molecule is CCNC(=NCc1cccc(C(=O)NCCN(C)C)c1)N1CCC2(CCOC2)C1. The van der Waals surface area contributed by atoms with Gasteiger partial charge in [-0.15, -0.1) is 0 Å². The molecule has 0 saturated carbocycles. The van der Waals surface area contributed by atoms with Crippen LogP contribution in [0.2, 0.25) is 0 Å². The molecule has 2 aliphatic heterocycles. The third-order valence-corrected chi connectivity index (χ3v) is 5.70. The number of nitrogens with zero attached hydrogens (tertiary/aromatic N) is 3. The molecule has 2 N–H and O–H groups in total. The minimum absolute atomic E-state index is 0.0349. The van der Waals surface area contributed by atoms with Gasteiger partial charge in [-0.25, -0.2) is 4.99 Å². The van der Waals surface area contributed by atoms with Crippen LogP contribution in [-0.4, -0.2) is 81.7 Å². The van der Waals surface area contributed by atoms with Crippen LogP contribution >= 0.6 is 0 Å². The van der Waals surface area contributed by atoms with Gasteiger partial charge in [-0.3, -0.25) is 4.79 Å². The minimum Gasteiger partial charge on any atom is -0.381 e. The van der Waals surface area contributed by atoms with Crippen LogP contribution in [0.3, 0.4) is 0 Å². The fraction of sp³-hybridized carbons (Fsp3) is 0.636. The smallest absolute Gasteiger partial charge is 0.251 e. The molecule has 2 fully saturated rings. The molecule has 2 heterocycles. The standard InChI is InChI=1S/C22H35N5O2/c1-4-23-21(27-11-8-22(16-27)9-13-29-17-22)25-15-18-6-5-7-19(14-18)20(28)24-10-12-26(2)3/h5-7,14H,4,8-13,15-17H2,1-3H3,(H,23,25)(H,24,28). The molecule has 1 amide bonds. The summed E-state index contributed by atoms with van der Waals surface area (Å²) >= 11 is 0. The van der Waals surface area contributed by atoms with Crippen molar-refractivity contribution < 1.29 is 9.53 Å². The second-order valence-electron chi connectivity index (χ2n) is 8.40. The first-order chi connectivity index (χ1) is 14.0. The van der Waals surface area contributed by atoms with Crippen molar-refractivity contribution in [3.63, 3.8) is 0 Å². The van der Waals surface area contributed by atoms with Crippen molar-refractivity contribution >= 4 is 11.9 Å². The van der Waals surface area contributed by atoms with E-state index in [9.17, 15) is 4.79 Å². The van der Waals surface area contributed by atoms with Crippen molar-refractivity contribution in [3.8, 4) is 0 Å². The summed E-state index contributed by atoms with van der Waals surface area (Å²) in [6.45, 7) is 8.73. The lowest BCUT2D eigenvalue weighted by molar-refractivity contribution is 0.0951. The van der Waals surface area contributed by atoms with Crippen LogP contribution < -0.4 is 10.6 Å². The molecule has 1 spiro atoms. The highest BCUT2D eigenvalue weighted by molar-refractivity contribution is 5.94. The summed E-state index contributed by atoms with van der Waals surface area (Å²) in [5.74, 6) is 0.921. The molecule has 0 aromatic heterocycles. The molecule has 7 heteroatoms. The summed E-state index contributed by atoms with van der Waals surface area (Å²) in [7, 11) is 3.99. The highest BCUT2D eigenvalue weighted by Crippen LogP contribution is 2.38. The Morgan fingerprint density at radius 3 is 2.90 bits per heavy atom. The fourth-order valence-corrected chi connectivity index (χ4v) is 3.99. The Bertz CT molecular complexity index is 713. The van der Waals surface area contributed by atoms with Crippen LogP contribution in [-0.2, 0) is 11.3 Å². The van der Waals surface area contributed by atoms with Crippen molar-refractivity contribution in [1.29, 1.82) is 0 Å². The molecule has 2 saturated heterocycles. The van der Waals surface area contributed by atoms with E-state index >= 15 is 0 Å². The molecule has 1 atom stereocenters. The molecule has 0 bridgehead atoms. The van der Waals surface area contributed by atoms with Crippen LogP contribution in [0.1, 0.15) is 35.7 Å². The van der Waals surface area contributed by atoms with Gasteiger partial charge in [0.2, 0.25) is 0 Å². The molecular weight excluding hydrogens is 366 g/mol. The molecule has 0 aliphatic carbocycles. The van der Waals surface area contributed by atoms with E-state index in [0.717, 1.165) is 57.3 Å². The van der Waals surface area contributed by atoms with Gasteiger partial charge in [-0.2, -0.15) is 0 Å². The van der Waals surface area contributed by atoms with Gasteiger partial charge >= 0.3 is 0 Å². The zero-order chi connectivity index (χ0) is 20.7. The van der Waals surface area contributed by atoms with E-state index in [1.807, 2.05) is 43.3 Å². The molecular formula is C22H35N5O2. The summed E-state index contributed by atoms with van der Waals surface area (Å²) in [5.41, 5.74) is 2.03. The van der Waals surface area contributed by atoms with Gasteiger partial charge in [-0.05, 0) is 51.6 Å². The highest BCUT2D eigenvalue weighted by atomic mass is 16.5. The van der Waals surface area contributed by atoms with E-state index < -0.39 is 0 Å². The maximum Gasteiger partial charge on any atom is 0.251 e. The summed E-state index contributed by atoms with van der Waals surface area (Å²) < 4.78 is 5.65. The second-order valence-corrected chi connectivity index (χ2v) is 8.40. The highest BCUT2D eigenvalue weighted by Gasteiger charge is 2.42. The number of nitrogens with one attached hydrogen (secondary N) is 2. The van der Waals surface area contributed by atoms with Gasteiger partial charge in [0.15, 0.2) is 5.96 Å². The Labute approximate surface area is 174 Å². The average molecular weight is 402 g/mol. The predicted molar refractivity (Wildman–Crippen MR) is 116 cm³/mol. The van der Waals surface area contributed by atoms with E-state index in [2.05, 4.69) is 22.5 Å². The first kappa shape index (κ1) is 21.6. The Morgan fingerprint density at radius 1 is 1.31 bits per heavy atom. The number of hydrogen-bond acceptors (Lipinski definition) is 4. The molecule has 0 radical (unpaired) electrons. The number of rotatable bonds is 7. The monoisotopic (exact) mass is 401 g/mol. The number of carbonyl (C=O) groups is 1. The van der Waals surface area contributed by atoms with E-state index in [4.69, 9.17) is 9.73 Å². The Balaban J connectivity index is 1.61. The van der Waals surface area contributed by atoms with Crippen molar-refractivity contribution in [1.82, 2.24) is 20.4 Å². The van der Waals surface area contributed by atoms with Gasteiger partial charge in [0.05, 0.1) is 13.2 Å². The van der Waals surface area contributed by atoms with Crippen LogP contribution in [0.5, 0.6) is 0 Å². The van der Waals surface area contributed by atoms with Crippen molar-refractivity contribution in [2.24, 2.45) is 10.4 Å². The molecule has 160 valence electrons. The number of benzene rings is 1. The molecule has 2 aliphatic rings. The zero-order valence-corrected chi connectivity index (χ0v) is 18.0. The minimum atomic E-state index is -0.0349. The topological polar surface area (TPSA) is 69.2 Å². The number of guanidine groups is 1. The van der Waals surface area contributed by atoms with Crippen LogP contribution in [0, 0.1) is 5.41 Å². The number of carbonyl (C=O) groups excluding carboxylic acids is 1. The zero-order valence-electron chi connectivity index (χ0n) is 18.0. The predicted octanol–water partition coefficient (Wildman–Crippen LogP) is 1.56. The van der Waals surface area contributed by atoms with Gasteiger partial charge < -0.3 is 25.2 Å². The first-order valence-electron chi connectivity index (χ1n) is 10.6. The van der Waals surface area contributed by atoms with Crippen molar-refractivity contribution in [3.05, 3.63) is 35.4 Å². The quantitative estimate of drug-likeness (QED) is 0.536. The molecule has 3 rings (SSSR count). The van der Waals surface area contributed by atoms with Gasteiger partial charge in [0, 0.05) is 50.3 Å². The lowest BCUT2D eigenvalue weighted by atomic mass is 9.87. The molecule has 7 nitrogen and oxygen atoms in total. The third-order valence-electron chi connectivity index (χ3n) is 5.70. The lowest BCUT2D eigenvalue weighted by Crippen LogP contribution is -2.41. The van der Waals surface area contributed by atoms with Crippen molar-refractivity contribution in [2.75, 3.05) is 60.0 Å². The van der Waals surface area contributed by atoms with Crippen molar-refractivity contribution in [2.45, 2.75) is 26.3 Å². The summed E-state index contributed by atoms with van der Waals surface area (Å²) in [6, 6.07) is 7.75. The fourth-order valence-electron chi connectivity index (χ4n) is 3.99. The number of aliphatic imine (C=N–C) groups is 1. The van der Waals surface area contributed by atoms with Crippen LogP contribution in [0.4, 0.5) is 0 Å².